The van der Waals surface area contributed by atoms with Crippen LogP contribution in [0.1, 0.15) is 69.0 Å². The van der Waals surface area contributed by atoms with E-state index in [1.165, 1.54) is 12.8 Å². The summed E-state index contributed by atoms with van der Waals surface area (Å²) < 4.78 is 5.39. The molecule has 1 aromatic rings. The van der Waals surface area contributed by atoms with Crippen molar-refractivity contribution in [2.75, 3.05) is 13.1 Å². The molecular weight excluding hydrogens is 280 g/mol. The molecular formula is C16H24N4O2. The Morgan fingerprint density at radius 3 is 2.82 bits per heavy atom. The molecule has 2 aliphatic carbocycles. The Morgan fingerprint density at radius 1 is 1.27 bits per heavy atom. The first-order valence-electron chi connectivity index (χ1n) is 8.58. The highest BCUT2D eigenvalue weighted by Crippen LogP contribution is 2.39. The molecule has 1 N–H and O–H groups in total. The van der Waals surface area contributed by atoms with Gasteiger partial charge in [0.05, 0.1) is 6.04 Å². The molecule has 0 unspecified atom stereocenters. The van der Waals surface area contributed by atoms with E-state index < -0.39 is 0 Å². The normalized spacial score (nSPS) is 27.6. The van der Waals surface area contributed by atoms with Crippen LogP contribution in [-0.4, -0.2) is 46.1 Å². The molecule has 1 aromatic heterocycles. The molecule has 22 heavy (non-hydrogen) atoms. The summed E-state index contributed by atoms with van der Waals surface area (Å²) in [7, 11) is 0. The molecule has 0 spiro atoms. The van der Waals surface area contributed by atoms with Crippen LogP contribution in [0, 0.1) is 0 Å². The summed E-state index contributed by atoms with van der Waals surface area (Å²) in [5, 5.41) is 7.29. The monoisotopic (exact) mass is 304 g/mol. The highest BCUT2D eigenvalue weighted by Gasteiger charge is 2.34. The van der Waals surface area contributed by atoms with E-state index in [0.717, 1.165) is 50.5 Å². The van der Waals surface area contributed by atoms with E-state index in [-0.39, 0.29) is 11.9 Å². The van der Waals surface area contributed by atoms with Crippen molar-refractivity contribution in [2.45, 2.75) is 69.4 Å². The SMILES string of the molecule is C[C@@H](C(=O)NC1CC1)N1CCC[C@@H](c2noc(C3CC3)n2)C1. The van der Waals surface area contributed by atoms with E-state index in [0.29, 0.717) is 17.9 Å². The quantitative estimate of drug-likeness (QED) is 0.898. The molecule has 0 radical (unpaired) electrons. The van der Waals surface area contributed by atoms with Gasteiger partial charge in [-0.25, -0.2) is 0 Å². The summed E-state index contributed by atoms with van der Waals surface area (Å²) >= 11 is 0. The summed E-state index contributed by atoms with van der Waals surface area (Å²) in [6.45, 7) is 3.83. The minimum absolute atomic E-state index is 0.0711. The highest BCUT2D eigenvalue weighted by atomic mass is 16.5. The molecule has 6 nitrogen and oxygen atoms in total. The topological polar surface area (TPSA) is 71.3 Å². The molecule has 1 amide bonds. The van der Waals surface area contributed by atoms with Crippen molar-refractivity contribution in [2.24, 2.45) is 0 Å². The summed E-state index contributed by atoms with van der Waals surface area (Å²) in [5.41, 5.74) is 0. The van der Waals surface area contributed by atoms with E-state index >= 15 is 0 Å². The van der Waals surface area contributed by atoms with Crippen molar-refractivity contribution in [1.29, 1.82) is 0 Å². The third kappa shape index (κ3) is 3.02. The molecule has 4 rings (SSSR count). The van der Waals surface area contributed by atoms with Crippen LogP contribution >= 0.6 is 0 Å². The lowest BCUT2D eigenvalue weighted by Gasteiger charge is -2.34. The van der Waals surface area contributed by atoms with Crippen LogP contribution in [0.3, 0.4) is 0 Å². The van der Waals surface area contributed by atoms with Crippen LogP contribution in [-0.2, 0) is 4.79 Å². The van der Waals surface area contributed by atoms with Crippen molar-refractivity contribution in [1.82, 2.24) is 20.4 Å². The van der Waals surface area contributed by atoms with Gasteiger partial charge in [-0.3, -0.25) is 9.69 Å². The van der Waals surface area contributed by atoms with Gasteiger partial charge >= 0.3 is 0 Å². The van der Waals surface area contributed by atoms with Crippen molar-refractivity contribution < 1.29 is 9.32 Å². The summed E-state index contributed by atoms with van der Waals surface area (Å²) in [6, 6.07) is 0.354. The standard InChI is InChI=1S/C16H24N4O2/c1-10(15(21)17-13-6-7-13)20-8-2-3-12(9-20)14-18-16(22-19-14)11-4-5-11/h10-13H,2-9H2,1H3,(H,17,21)/t10-,12+/m0/s1. The van der Waals surface area contributed by atoms with Gasteiger partial charge in [-0.05, 0) is 52.0 Å². The van der Waals surface area contributed by atoms with Crippen LogP contribution in [0.5, 0.6) is 0 Å². The maximum atomic E-state index is 12.2. The fraction of sp³-hybridized carbons (Fsp3) is 0.812. The molecule has 2 atom stereocenters. The second-order valence-electron chi connectivity index (χ2n) is 7.06. The van der Waals surface area contributed by atoms with E-state index in [2.05, 4.69) is 20.4 Å². The first-order chi connectivity index (χ1) is 10.7. The Bertz CT molecular complexity index is 550. The average Bonchev–Trinajstić information content (AvgIpc) is 3.47. The zero-order chi connectivity index (χ0) is 15.1. The molecule has 1 saturated heterocycles. The van der Waals surface area contributed by atoms with Gasteiger partial charge in [0, 0.05) is 24.4 Å². The molecule has 3 fully saturated rings. The Hall–Kier alpha value is -1.43. The van der Waals surface area contributed by atoms with Gasteiger partial charge in [0.1, 0.15) is 0 Å². The number of nitrogens with one attached hydrogen (secondary N) is 1. The van der Waals surface area contributed by atoms with Crippen LogP contribution in [0.4, 0.5) is 0 Å². The number of hydrogen-bond donors (Lipinski definition) is 1. The molecule has 1 aliphatic heterocycles. The van der Waals surface area contributed by atoms with Gasteiger partial charge in [-0.1, -0.05) is 5.16 Å². The van der Waals surface area contributed by atoms with Crippen LogP contribution in [0.15, 0.2) is 4.52 Å². The lowest BCUT2D eigenvalue weighted by molar-refractivity contribution is -0.126. The third-order valence-electron chi connectivity index (χ3n) is 5.05. The predicted molar refractivity (Wildman–Crippen MR) is 80.4 cm³/mol. The van der Waals surface area contributed by atoms with Gasteiger partial charge in [-0.2, -0.15) is 4.98 Å². The molecule has 2 heterocycles. The Kier molecular flexibility index (Phi) is 3.64. The largest absolute Gasteiger partial charge is 0.352 e. The smallest absolute Gasteiger partial charge is 0.237 e. The molecule has 0 aromatic carbocycles. The summed E-state index contributed by atoms with van der Waals surface area (Å²) in [4.78, 5) is 19.1. The Balaban J connectivity index is 1.38. The number of nitrogens with zero attached hydrogens (tertiary/aromatic N) is 3. The van der Waals surface area contributed by atoms with E-state index in [4.69, 9.17) is 4.52 Å². The Labute approximate surface area is 130 Å². The Morgan fingerprint density at radius 2 is 2.09 bits per heavy atom. The number of likely N-dealkylation sites (tertiary alicyclic amines) is 1. The van der Waals surface area contributed by atoms with Gasteiger partial charge in [-0.15, -0.1) is 0 Å². The third-order valence-corrected chi connectivity index (χ3v) is 5.05. The van der Waals surface area contributed by atoms with Crippen molar-refractivity contribution >= 4 is 5.91 Å². The van der Waals surface area contributed by atoms with Crippen molar-refractivity contribution in [3.63, 3.8) is 0 Å². The maximum absolute atomic E-state index is 12.2. The molecule has 3 aliphatic rings. The predicted octanol–water partition coefficient (Wildman–Crippen LogP) is 1.79. The molecule has 0 bridgehead atoms. The van der Waals surface area contributed by atoms with Crippen LogP contribution in [0.2, 0.25) is 0 Å². The number of carbonyl (C=O) groups excluding carboxylic acids is 1. The zero-order valence-electron chi connectivity index (χ0n) is 13.1. The van der Waals surface area contributed by atoms with E-state index in [1.54, 1.807) is 0 Å². The van der Waals surface area contributed by atoms with Gasteiger partial charge in [0.2, 0.25) is 11.8 Å². The minimum atomic E-state index is -0.0711. The number of hydrogen-bond acceptors (Lipinski definition) is 5. The average molecular weight is 304 g/mol. The van der Waals surface area contributed by atoms with Gasteiger partial charge in [0.15, 0.2) is 5.82 Å². The summed E-state index contributed by atoms with van der Waals surface area (Å²) in [5.74, 6) is 2.60. The first kappa shape index (κ1) is 14.2. The van der Waals surface area contributed by atoms with Gasteiger partial charge in [0.25, 0.3) is 0 Å². The number of carbonyl (C=O) groups is 1. The maximum Gasteiger partial charge on any atom is 0.237 e. The molecule has 2 saturated carbocycles. The number of rotatable bonds is 5. The number of amides is 1. The highest BCUT2D eigenvalue weighted by molar-refractivity contribution is 5.81. The second kappa shape index (κ2) is 5.65. The van der Waals surface area contributed by atoms with E-state index in [1.807, 2.05) is 6.92 Å². The van der Waals surface area contributed by atoms with Crippen molar-refractivity contribution in [3.05, 3.63) is 11.7 Å². The first-order valence-corrected chi connectivity index (χ1v) is 8.58. The summed E-state index contributed by atoms with van der Waals surface area (Å²) in [6.07, 6.45) is 6.78. The van der Waals surface area contributed by atoms with E-state index in [9.17, 15) is 4.79 Å². The second-order valence-corrected chi connectivity index (χ2v) is 7.06. The minimum Gasteiger partial charge on any atom is -0.352 e. The fourth-order valence-electron chi connectivity index (χ4n) is 3.19. The van der Waals surface area contributed by atoms with Crippen LogP contribution in [0.25, 0.3) is 0 Å². The lowest BCUT2D eigenvalue weighted by Crippen LogP contribution is -2.49. The van der Waals surface area contributed by atoms with Crippen molar-refractivity contribution in [3.8, 4) is 0 Å². The molecule has 120 valence electrons. The van der Waals surface area contributed by atoms with Gasteiger partial charge < -0.3 is 9.84 Å². The fourth-order valence-corrected chi connectivity index (χ4v) is 3.19. The number of aromatic nitrogens is 2. The zero-order valence-corrected chi connectivity index (χ0v) is 13.1. The molecule has 6 heteroatoms. The van der Waals surface area contributed by atoms with Crippen LogP contribution < -0.4 is 5.32 Å². The lowest BCUT2D eigenvalue weighted by atomic mass is 9.96. The number of piperidine rings is 1.